The number of carbonyl (C=O) groups excluding carboxylic acids is 3. The Labute approximate surface area is 82.4 Å². The Morgan fingerprint density at radius 3 is 1.57 bits per heavy atom. The Balaban J connectivity index is 4.80. The zero-order chi connectivity index (χ0) is 11.3. The molecule has 5 nitrogen and oxygen atoms in total. The van der Waals surface area contributed by atoms with Gasteiger partial charge in [-0.05, 0) is 6.92 Å². The number of hydrogen-bond donors (Lipinski definition) is 0. The number of ether oxygens (including phenoxy) is 2. The second kappa shape index (κ2) is 5.36. The highest BCUT2D eigenvalue weighted by Crippen LogP contribution is 2.16. The number of hydrogen-bond acceptors (Lipinski definition) is 5. The first-order valence-electron chi connectivity index (χ1n) is 4.11. The Kier molecular flexibility index (Phi) is 4.83. The molecule has 0 spiro atoms. The van der Waals surface area contributed by atoms with Gasteiger partial charge in [0.25, 0.3) is 0 Å². The van der Waals surface area contributed by atoms with Gasteiger partial charge >= 0.3 is 11.9 Å². The Bertz CT molecular complexity index is 230. The van der Waals surface area contributed by atoms with Gasteiger partial charge in [-0.1, -0.05) is 6.92 Å². The molecule has 0 saturated carbocycles. The van der Waals surface area contributed by atoms with Gasteiger partial charge in [0, 0.05) is 5.92 Å². The number of Topliss-reactive ketones (excluding diaryl/α,β-unsaturated/α-hetero) is 1. The van der Waals surface area contributed by atoms with Crippen molar-refractivity contribution < 1.29 is 23.9 Å². The predicted molar refractivity (Wildman–Crippen MR) is 47.4 cm³/mol. The lowest BCUT2D eigenvalue weighted by atomic mass is 9.91. The van der Waals surface area contributed by atoms with Crippen LogP contribution in [0.4, 0.5) is 0 Å². The monoisotopic (exact) mass is 202 g/mol. The topological polar surface area (TPSA) is 69.7 Å². The molecule has 1 unspecified atom stereocenters. The molecular formula is C9H14O5. The van der Waals surface area contributed by atoms with Crippen LogP contribution in [0.2, 0.25) is 0 Å². The van der Waals surface area contributed by atoms with Crippen molar-refractivity contribution in [1.82, 2.24) is 0 Å². The van der Waals surface area contributed by atoms with Crippen LogP contribution in [0.25, 0.3) is 0 Å². The molecule has 0 aromatic rings. The van der Waals surface area contributed by atoms with Crippen LogP contribution >= 0.6 is 0 Å². The van der Waals surface area contributed by atoms with Crippen LogP contribution in [-0.2, 0) is 23.9 Å². The lowest BCUT2D eigenvalue weighted by Crippen LogP contribution is -2.35. The van der Waals surface area contributed by atoms with E-state index in [9.17, 15) is 14.4 Å². The zero-order valence-corrected chi connectivity index (χ0v) is 8.70. The molecule has 0 N–H and O–H groups in total. The van der Waals surface area contributed by atoms with E-state index in [-0.39, 0.29) is 5.78 Å². The van der Waals surface area contributed by atoms with E-state index in [0.29, 0.717) is 0 Å². The van der Waals surface area contributed by atoms with Gasteiger partial charge < -0.3 is 9.47 Å². The van der Waals surface area contributed by atoms with E-state index >= 15 is 0 Å². The number of carbonyl (C=O) groups is 3. The van der Waals surface area contributed by atoms with Gasteiger partial charge in [-0.3, -0.25) is 14.4 Å². The van der Waals surface area contributed by atoms with Gasteiger partial charge in [0.15, 0.2) is 5.92 Å². The van der Waals surface area contributed by atoms with E-state index in [1.807, 2.05) is 0 Å². The van der Waals surface area contributed by atoms with Gasteiger partial charge in [-0.15, -0.1) is 0 Å². The molecule has 14 heavy (non-hydrogen) atoms. The van der Waals surface area contributed by atoms with Crippen molar-refractivity contribution in [1.29, 1.82) is 0 Å². The molecule has 0 bridgehead atoms. The summed E-state index contributed by atoms with van der Waals surface area (Å²) in [7, 11) is 2.32. The lowest BCUT2D eigenvalue weighted by Gasteiger charge is -2.16. The smallest absolute Gasteiger partial charge is 0.320 e. The number of rotatable bonds is 4. The van der Waals surface area contributed by atoms with Crippen molar-refractivity contribution >= 4 is 17.7 Å². The van der Waals surface area contributed by atoms with Gasteiger partial charge in [0.2, 0.25) is 0 Å². The molecule has 0 aromatic heterocycles. The first kappa shape index (κ1) is 12.6. The van der Waals surface area contributed by atoms with E-state index in [1.54, 1.807) is 0 Å². The zero-order valence-electron chi connectivity index (χ0n) is 8.70. The fraction of sp³-hybridized carbons (Fsp3) is 0.667. The third-order valence-electron chi connectivity index (χ3n) is 2.05. The molecule has 0 saturated heterocycles. The molecule has 0 rings (SSSR count). The maximum absolute atomic E-state index is 11.2. The summed E-state index contributed by atoms with van der Waals surface area (Å²) >= 11 is 0. The highest BCUT2D eigenvalue weighted by atomic mass is 16.5. The minimum atomic E-state index is -1.16. The Hall–Kier alpha value is -1.39. The summed E-state index contributed by atoms with van der Waals surface area (Å²) in [6.07, 6.45) is 0. The summed E-state index contributed by atoms with van der Waals surface area (Å²) in [5.74, 6) is -3.65. The molecule has 0 heterocycles. The van der Waals surface area contributed by atoms with Crippen molar-refractivity contribution in [2.45, 2.75) is 13.8 Å². The third-order valence-corrected chi connectivity index (χ3v) is 2.05. The number of ketones is 1. The third kappa shape index (κ3) is 2.83. The van der Waals surface area contributed by atoms with Gasteiger partial charge in [-0.2, -0.15) is 0 Å². The average molecular weight is 202 g/mol. The van der Waals surface area contributed by atoms with Crippen LogP contribution in [0.1, 0.15) is 13.8 Å². The molecule has 0 radical (unpaired) electrons. The van der Waals surface area contributed by atoms with Gasteiger partial charge in [-0.25, -0.2) is 0 Å². The molecule has 0 aliphatic rings. The number of esters is 2. The second-order valence-corrected chi connectivity index (χ2v) is 2.92. The minimum absolute atomic E-state index is 0.259. The number of methoxy groups -OCH3 is 2. The summed E-state index contributed by atoms with van der Waals surface area (Å²) in [5, 5.41) is 0. The van der Waals surface area contributed by atoms with Gasteiger partial charge in [0.1, 0.15) is 5.78 Å². The van der Waals surface area contributed by atoms with Crippen molar-refractivity contribution in [3.63, 3.8) is 0 Å². The summed E-state index contributed by atoms with van der Waals surface area (Å²) in [4.78, 5) is 33.4. The van der Waals surface area contributed by atoms with Crippen molar-refractivity contribution in [3.8, 4) is 0 Å². The van der Waals surface area contributed by atoms with E-state index in [0.717, 1.165) is 14.2 Å². The fourth-order valence-corrected chi connectivity index (χ4v) is 0.993. The van der Waals surface area contributed by atoms with Crippen LogP contribution in [0.3, 0.4) is 0 Å². The summed E-state index contributed by atoms with van der Waals surface area (Å²) in [6.45, 7) is 2.80. The van der Waals surface area contributed by atoms with E-state index in [1.165, 1.54) is 13.8 Å². The summed E-state index contributed by atoms with van der Waals surface area (Å²) in [5.41, 5.74) is 0. The SMILES string of the molecule is COC(=O)C(C(=O)OC)C(C)C(C)=O. The van der Waals surface area contributed by atoms with Crippen LogP contribution < -0.4 is 0 Å². The van der Waals surface area contributed by atoms with Crippen molar-refractivity contribution in [3.05, 3.63) is 0 Å². The Morgan fingerprint density at radius 2 is 1.36 bits per heavy atom. The van der Waals surface area contributed by atoms with Crippen molar-refractivity contribution in [2.24, 2.45) is 11.8 Å². The molecule has 5 heteroatoms. The molecule has 0 aromatic carbocycles. The molecule has 80 valence electrons. The quantitative estimate of drug-likeness (QED) is 0.480. The maximum atomic E-state index is 11.2. The van der Waals surface area contributed by atoms with Crippen molar-refractivity contribution in [2.75, 3.05) is 14.2 Å². The van der Waals surface area contributed by atoms with Crippen LogP contribution in [-0.4, -0.2) is 31.9 Å². The van der Waals surface area contributed by atoms with E-state index < -0.39 is 23.8 Å². The first-order valence-corrected chi connectivity index (χ1v) is 4.11. The lowest BCUT2D eigenvalue weighted by molar-refractivity contribution is -0.163. The molecule has 0 amide bonds. The molecule has 0 aliphatic carbocycles. The molecular weight excluding hydrogens is 188 g/mol. The highest BCUT2D eigenvalue weighted by molar-refractivity contribution is 5.99. The summed E-state index contributed by atoms with van der Waals surface area (Å²) in [6, 6.07) is 0. The van der Waals surface area contributed by atoms with Crippen LogP contribution in [0.5, 0.6) is 0 Å². The second-order valence-electron chi connectivity index (χ2n) is 2.92. The van der Waals surface area contributed by atoms with Crippen LogP contribution in [0, 0.1) is 11.8 Å². The Morgan fingerprint density at radius 1 is 1.00 bits per heavy atom. The fourth-order valence-electron chi connectivity index (χ4n) is 0.993. The standard InChI is InChI=1S/C9H14O5/c1-5(6(2)10)7(8(11)13-3)9(12)14-4/h5,7H,1-4H3. The van der Waals surface area contributed by atoms with Gasteiger partial charge in [0.05, 0.1) is 14.2 Å². The average Bonchev–Trinajstić information content (AvgIpc) is 2.16. The first-order chi connectivity index (χ1) is 6.45. The normalized spacial score (nSPS) is 12.1. The molecule has 1 atom stereocenters. The van der Waals surface area contributed by atoms with Crippen LogP contribution in [0.15, 0.2) is 0 Å². The predicted octanol–water partition coefficient (Wildman–Crippen LogP) is 0.174. The molecule has 0 fully saturated rings. The van der Waals surface area contributed by atoms with E-state index in [2.05, 4.69) is 9.47 Å². The summed E-state index contributed by atoms with van der Waals surface area (Å²) < 4.78 is 8.83. The largest absolute Gasteiger partial charge is 0.468 e. The maximum Gasteiger partial charge on any atom is 0.320 e. The minimum Gasteiger partial charge on any atom is -0.468 e. The molecule has 0 aliphatic heterocycles. The highest BCUT2D eigenvalue weighted by Gasteiger charge is 2.36. The van der Waals surface area contributed by atoms with E-state index in [4.69, 9.17) is 0 Å².